The molecule has 1 saturated heterocycles. The van der Waals surface area contributed by atoms with Crippen molar-refractivity contribution in [1.82, 2.24) is 9.88 Å². The number of nitrogens with zero attached hydrogens (tertiary/aromatic N) is 2. The third-order valence-corrected chi connectivity index (χ3v) is 5.34. The zero-order valence-electron chi connectivity index (χ0n) is 13.6. The molecule has 1 aliphatic rings. The largest absolute Gasteiger partial charge is 0.467 e. The van der Waals surface area contributed by atoms with Gasteiger partial charge in [0.2, 0.25) is 0 Å². The fourth-order valence-electron chi connectivity index (χ4n) is 2.84. The molecule has 1 fully saturated rings. The zero-order chi connectivity index (χ0) is 16.2. The van der Waals surface area contributed by atoms with Gasteiger partial charge in [0.1, 0.15) is 11.9 Å². The Kier molecular flexibility index (Phi) is 5.48. The maximum Gasteiger partial charge on any atom is 0.132 e. The number of rotatable bonds is 6. The summed E-state index contributed by atoms with van der Waals surface area (Å²) < 4.78 is 10.9. The van der Waals surface area contributed by atoms with Crippen LogP contribution in [0.25, 0.3) is 0 Å². The van der Waals surface area contributed by atoms with E-state index in [0.717, 1.165) is 25.4 Å². The second-order valence-electron chi connectivity index (χ2n) is 6.30. The van der Waals surface area contributed by atoms with Gasteiger partial charge in [0.15, 0.2) is 0 Å². The molecule has 0 bridgehead atoms. The van der Waals surface area contributed by atoms with Crippen LogP contribution in [0, 0.1) is 0 Å². The van der Waals surface area contributed by atoms with E-state index in [2.05, 4.69) is 24.1 Å². The summed E-state index contributed by atoms with van der Waals surface area (Å²) >= 11 is 1.73. The average Bonchev–Trinajstić information content (AvgIpc) is 3.20. The number of hydrogen-bond donors (Lipinski definition) is 1. The van der Waals surface area contributed by atoms with Gasteiger partial charge in [-0.2, -0.15) is 0 Å². The Bertz CT molecular complexity index is 597. The number of morpholine rings is 1. The molecule has 126 valence electrons. The SMILES string of the molecule is CC(C)c1nc(CN2CCOCC2CC(O)c2ccco2)cs1. The maximum absolute atomic E-state index is 10.3. The minimum absolute atomic E-state index is 0.174. The monoisotopic (exact) mass is 336 g/mol. The summed E-state index contributed by atoms with van der Waals surface area (Å²) in [6, 6.07) is 3.79. The van der Waals surface area contributed by atoms with Crippen molar-refractivity contribution in [2.45, 2.75) is 44.9 Å². The van der Waals surface area contributed by atoms with E-state index in [4.69, 9.17) is 14.1 Å². The van der Waals surface area contributed by atoms with Crippen LogP contribution in [0.4, 0.5) is 0 Å². The van der Waals surface area contributed by atoms with Gasteiger partial charge in [0, 0.05) is 30.4 Å². The van der Waals surface area contributed by atoms with Crippen molar-refractivity contribution < 1.29 is 14.3 Å². The fraction of sp³-hybridized carbons (Fsp3) is 0.588. The summed E-state index contributed by atoms with van der Waals surface area (Å²) in [6.45, 7) is 7.37. The molecule has 0 radical (unpaired) electrons. The number of aliphatic hydroxyl groups is 1. The summed E-state index contributed by atoms with van der Waals surface area (Å²) in [6.07, 6.45) is 1.60. The lowest BCUT2D eigenvalue weighted by atomic mass is 10.1. The maximum atomic E-state index is 10.3. The van der Waals surface area contributed by atoms with E-state index in [1.807, 2.05) is 6.07 Å². The lowest BCUT2D eigenvalue weighted by molar-refractivity contribution is -0.0327. The molecule has 0 amide bonds. The first-order valence-electron chi connectivity index (χ1n) is 8.11. The number of ether oxygens (including phenoxy) is 1. The van der Waals surface area contributed by atoms with E-state index in [1.165, 1.54) is 5.01 Å². The van der Waals surface area contributed by atoms with E-state index in [1.54, 1.807) is 23.7 Å². The molecule has 2 aromatic rings. The van der Waals surface area contributed by atoms with E-state index in [0.29, 0.717) is 24.7 Å². The minimum Gasteiger partial charge on any atom is -0.467 e. The topological polar surface area (TPSA) is 58.7 Å². The second kappa shape index (κ2) is 7.57. The third-order valence-electron chi connectivity index (χ3n) is 4.14. The molecule has 3 heterocycles. The van der Waals surface area contributed by atoms with Gasteiger partial charge in [-0.15, -0.1) is 11.3 Å². The Hall–Kier alpha value is -1.21. The number of furan rings is 1. The van der Waals surface area contributed by atoms with Crippen LogP contribution in [0.2, 0.25) is 0 Å². The second-order valence-corrected chi connectivity index (χ2v) is 7.19. The van der Waals surface area contributed by atoms with Crippen molar-refractivity contribution >= 4 is 11.3 Å². The first-order valence-corrected chi connectivity index (χ1v) is 8.99. The predicted octanol–water partition coefficient (Wildman–Crippen LogP) is 3.18. The number of aliphatic hydroxyl groups excluding tert-OH is 1. The van der Waals surface area contributed by atoms with Crippen LogP contribution < -0.4 is 0 Å². The zero-order valence-corrected chi connectivity index (χ0v) is 14.5. The van der Waals surface area contributed by atoms with Crippen LogP contribution in [-0.2, 0) is 11.3 Å². The van der Waals surface area contributed by atoms with Gasteiger partial charge in [-0.1, -0.05) is 13.8 Å². The van der Waals surface area contributed by atoms with Crippen LogP contribution in [-0.4, -0.2) is 40.8 Å². The molecule has 0 aliphatic carbocycles. The highest BCUT2D eigenvalue weighted by Gasteiger charge is 2.27. The van der Waals surface area contributed by atoms with Gasteiger partial charge in [0.25, 0.3) is 0 Å². The van der Waals surface area contributed by atoms with Crippen LogP contribution >= 0.6 is 11.3 Å². The molecule has 6 heteroatoms. The molecule has 2 aromatic heterocycles. The van der Waals surface area contributed by atoms with E-state index in [9.17, 15) is 5.11 Å². The highest BCUT2D eigenvalue weighted by Crippen LogP contribution is 2.25. The lowest BCUT2D eigenvalue weighted by Gasteiger charge is -2.36. The Morgan fingerprint density at radius 3 is 3.04 bits per heavy atom. The smallest absolute Gasteiger partial charge is 0.132 e. The quantitative estimate of drug-likeness (QED) is 0.878. The van der Waals surface area contributed by atoms with Gasteiger partial charge in [0.05, 0.1) is 30.2 Å². The van der Waals surface area contributed by atoms with Gasteiger partial charge in [-0.3, -0.25) is 4.90 Å². The van der Waals surface area contributed by atoms with Gasteiger partial charge < -0.3 is 14.3 Å². The van der Waals surface area contributed by atoms with Crippen LogP contribution in [0.1, 0.15) is 48.8 Å². The Labute approximate surface area is 140 Å². The molecule has 0 saturated carbocycles. The molecule has 1 aliphatic heterocycles. The van der Waals surface area contributed by atoms with Crippen molar-refractivity contribution in [3.8, 4) is 0 Å². The molecule has 1 N–H and O–H groups in total. The predicted molar refractivity (Wildman–Crippen MR) is 89.5 cm³/mol. The molecule has 2 atom stereocenters. The van der Waals surface area contributed by atoms with Gasteiger partial charge in [-0.05, 0) is 18.6 Å². The van der Waals surface area contributed by atoms with Crippen LogP contribution in [0.5, 0.6) is 0 Å². The Balaban J connectivity index is 1.63. The van der Waals surface area contributed by atoms with Crippen molar-refractivity contribution in [1.29, 1.82) is 0 Å². The Morgan fingerprint density at radius 1 is 1.48 bits per heavy atom. The first kappa shape index (κ1) is 16.6. The average molecular weight is 336 g/mol. The Morgan fingerprint density at radius 2 is 2.35 bits per heavy atom. The highest BCUT2D eigenvalue weighted by atomic mass is 32.1. The summed E-state index contributed by atoms with van der Waals surface area (Å²) in [4.78, 5) is 7.08. The molecule has 3 rings (SSSR count). The minimum atomic E-state index is -0.596. The molecule has 2 unspecified atom stereocenters. The van der Waals surface area contributed by atoms with Crippen LogP contribution in [0.15, 0.2) is 28.2 Å². The van der Waals surface area contributed by atoms with Crippen molar-refractivity contribution in [3.05, 3.63) is 40.2 Å². The molecule has 0 aromatic carbocycles. The summed E-state index contributed by atoms with van der Waals surface area (Å²) in [7, 11) is 0. The lowest BCUT2D eigenvalue weighted by Crippen LogP contribution is -2.45. The first-order chi connectivity index (χ1) is 11.1. The van der Waals surface area contributed by atoms with Crippen molar-refractivity contribution in [2.24, 2.45) is 0 Å². The highest BCUT2D eigenvalue weighted by molar-refractivity contribution is 7.09. The van der Waals surface area contributed by atoms with Crippen molar-refractivity contribution in [3.63, 3.8) is 0 Å². The third kappa shape index (κ3) is 4.20. The normalized spacial score (nSPS) is 21.0. The number of hydrogen-bond acceptors (Lipinski definition) is 6. The van der Waals surface area contributed by atoms with Gasteiger partial charge >= 0.3 is 0 Å². The molecule has 5 nitrogen and oxygen atoms in total. The number of thiazole rings is 1. The number of aromatic nitrogens is 1. The van der Waals surface area contributed by atoms with Crippen LogP contribution in [0.3, 0.4) is 0 Å². The summed E-state index contributed by atoms with van der Waals surface area (Å²) in [5.74, 6) is 1.08. The van der Waals surface area contributed by atoms with Gasteiger partial charge in [-0.25, -0.2) is 4.98 Å². The fourth-order valence-corrected chi connectivity index (χ4v) is 3.66. The summed E-state index contributed by atoms with van der Waals surface area (Å²) in [5.41, 5.74) is 1.11. The molecular weight excluding hydrogens is 312 g/mol. The molecule has 0 spiro atoms. The van der Waals surface area contributed by atoms with E-state index in [-0.39, 0.29) is 6.04 Å². The van der Waals surface area contributed by atoms with Crippen molar-refractivity contribution in [2.75, 3.05) is 19.8 Å². The molecular formula is C17H24N2O3S. The standard InChI is InChI=1S/C17H24N2O3S/c1-12(2)17-18-13(11-23-17)9-19-5-7-21-10-14(19)8-15(20)16-4-3-6-22-16/h3-4,6,11-12,14-15,20H,5,7-10H2,1-2H3. The van der Waals surface area contributed by atoms with E-state index >= 15 is 0 Å². The van der Waals surface area contributed by atoms with E-state index < -0.39 is 6.10 Å². The summed E-state index contributed by atoms with van der Waals surface area (Å²) in [5, 5.41) is 13.7. The molecule has 23 heavy (non-hydrogen) atoms.